The minimum Gasteiger partial charge on any atom is -0.497 e. The molecule has 0 fully saturated rings. The van der Waals surface area contributed by atoms with Gasteiger partial charge < -0.3 is 4.74 Å². The summed E-state index contributed by atoms with van der Waals surface area (Å²) in [7, 11) is 1.62. The Hall–Kier alpha value is -2.46. The molecule has 4 heteroatoms. The van der Waals surface area contributed by atoms with E-state index in [4.69, 9.17) is 4.74 Å². The van der Waals surface area contributed by atoms with E-state index < -0.39 is 0 Å². The maximum Gasteiger partial charge on any atom is 0.185 e. The molecule has 0 aromatic heterocycles. The van der Waals surface area contributed by atoms with Gasteiger partial charge >= 0.3 is 0 Å². The van der Waals surface area contributed by atoms with Gasteiger partial charge in [-0.05, 0) is 53.3 Å². The largest absolute Gasteiger partial charge is 0.497 e. The molecule has 0 aliphatic carbocycles. The normalized spacial score (nSPS) is 11.1. The van der Waals surface area contributed by atoms with Crippen molar-refractivity contribution in [2.75, 3.05) is 7.11 Å². The summed E-state index contributed by atoms with van der Waals surface area (Å²) in [5.74, 6) is 0.223. The lowest BCUT2D eigenvalue weighted by molar-refractivity contribution is 0.104. The molecule has 3 aromatic rings. The van der Waals surface area contributed by atoms with E-state index in [0.29, 0.717) is 15.6 Å². The first kappa shape index (κ1) is 16.4. The SMILES string of the molecule is COc1ccc2cc(C(=O)/C=C/c3ccc(Br)cc3F)ccc2c1. The number of hydrogen-bond acceptors (Lipinski definition) is 2. The van der Waals surface area contributed by atoms with E-state index >= 15 is 0 Å². The maximum atomic E-state index is 13.8. The van der Waals surface area contributed by atoms with Crippen LogP contribution in [0.25, 0.3) is 16.8 Å². The van der Waals surface area contributed by atoms with Crippen LogP contribution in [0, 0.1) is 5.82 Å². The van der Waals surface area contributed by atoms with E-state index in [1.165, 1.54) is 18.2 Å². The first-order valence-corrected chi connectivity index (χ1v) is 8.11. The molecule has 24 heavy (non-hydrogen) atoms. The zero-order valence-corrected chi connectivity index (χ0v) is 14.5. The molecule has 2 nitrogen and oxygen atoms in total. The van der Waals surface area contributed by atoms with Crippen LogP contribution in [0.3, 0.4) is 0 Å². The Morgan fingerprint density at radius 3 is 2.54 bits per heavy atom. The molecule has 0 N–H and O–H groups in total. The van der Waals surface area contributed by atoms with Crippen molar-refractivity contribution >= 4 is 38.6 Å². The minimum absolute atomic E-state index is 0.171. The van der Waals surface area contributed by atoms with Crippen LogP contribution in [0.4, 0.5) is 4.39 Å². The molecule has 0 amide bonds. The molecule has 0 radical (unpaired) electrons. The van der Waals surface area contributed by atoms with Crippen LogP contribution in [0.1, 0.15) is 15.9 Å². The van der Waals surface area contributed by atoms with E-state index in [-0.39, 0.29) is 11.6 Å². The maximum absolute atomic E-state index is 13.8. The second-order valence-electron chi connectivity index (χ2n) is 5.29. The van der Waals surface area contributed by atoms with Crippen molar-refractivity contribution < 1.29 is 13.9 Å². The van der Waals surface area contributed by atoms with Gasteiger partial charge in [0.2, 0.25) is 0 Å². The number of fused-ring (bicyclic) bond motifs is 1. The van der Waals surface area contributed by atoms with Crippen molar-refractivity contribution in [1.29, 1.82) is 0 Å². The molecule has 0 atom stereocenters. The first-order chi connectivity index (χ1) is 11.6. The van der Waals surface area contributed by atoms with Crippen molar-refractivity contribution in [3.05, 3.63) is 82.1 Å². The van der Waals surface area contributed by atoms with Gasteiger partial charge in [-0.1, -0.05) is 40.2 Å². The fourth-order valence-electron chi connectivity index (χ4n) is 2.40. The lowest BCUT2D eigenvalue weighted by atomic mass is 10.0. The van der Waals surface area contributed by atoms with Gasteiger partial charge in [0, 0.05) is 15.6 Å². The van der Waals surface area contributed by atoms with Gasteiger partial charge in [-0.3, -0.25) is 4.79 Å². The van der Waals surface area contributed by atoms with Gasteiger partial charge in [0.1, 0.15) is 11.6 Å². The van der Waals surface area contributed by atoms with Crippen molar-refractivity contribution in [2.45, 2.75) is 0 Å². The van der Waals surface area contributed by atoms with Crippen LogP contribution < -0.4 is 4.74 Å². The van der Waals surface area contributed by atoms with Crippen LogP contribution >= 0.6 is 15.9 Å². The molecular formula is C20H14BrFO2. The molecule has 120 valence electrons. The van der Waals surface area contributed by atoms with Gasteiger partial charge in [0.15, 0.2) is 5.78 Å². The van der Waals surface area contributed by atoms with Crippen LogP contribution in [0.15, 0.2) is 65.1 Å². The highest BCUT2D eigenvalue weighted by atomic mass is 79.9. The van der Waals surface area contributed by atoms with Gasteiger partial charge in [-0.15, -0.1) is 0 Å². The number of halogens is 2. The lowest BCUT2D eigenvalue weighted by Gasteiger charge is -2.04. The summed E-state index contributed by atoms with van der Waals surface area (Å²) in [6.45, 7) is 0. The standard InChI is InChI=1S/C20H14BrFO2/c1-24-18-8-5-14-10-16(3-2-15(14)11-18)20(23)9-6-13-4-7-17(21)12-19(13)22/h2-12H,1H3/b9-6+. The highest BCUT2D eigenvalue weighted by molar-refractivity contribution is 9.10. The van der Waals surface area contributed by atoms with E-state index in [0.717, 1.165) is 16.5 Å². The van der Waals surface area contributed by atoms with Gasteiger partial charge in [-0.2, -0.15) is 0 Å². The molecule has 0 spiro atoms. The summed E-state index contributed by atoms with van der Waals surface area (Å²) in [5.41, 5.74) is 0.929. The highest BCUT2D eigenvalue weighted by Gasteiger charge is 2.05. The van der Waals surface area contributed by atoms with Crippen LogP contribution in [-0.2, 0) is 0 Å². The number of methoxy groups -OCH3 is 1. The average molecular weight is 385 g/mol. The number of ether oxygens (including phenoxy) is 1. The van der Waals surface area contributed by atoms with Gasteiger partial charge in [0.25, 0.3) is 0 Å². The molecule has 0 saturated heterocycles. The minimum atomic E-state index is -0.376. The monoisotopic (exact) mass is 384 g/mol. The summed E-state index contributed by atoms with van der Waals surface area (Å²) >= 11 is 3.21. The van der Waals surface area contributed by atoms with Crippen LogP contribution in [-0.4, -0.2) is 12.9 Å². The Kier molecular flexibility index (Phi) is 4.76. The van der Waals surface area contributed by atoms with Crippen LogP contribution in [0.2, 0.25) is 0 Å². The quantitative estimate of drug-likeness (QED) is 0.429. The molecule has 0 aliphatic rings. The smallest absolute Gasteiger partial charge is 0.185 e. The zero-order valence-electron chi connectivity index (χ0n) is 12.9. The number of allylic oxidation sites excluding steroid dienone is 1. The summed E-state index contributed by atoms with van der Waals surface area (Å²) in [6.07, 6.45) is 2.87. The van der Waals surface area contributed by atoms with Crippen molar-refractivity contribution in [2.24, 2.45) is 0 Å². The van der Waals surface area contributed by atoms with Gasteiger partial charge in [0.05, 0.1) is 7.11 Å². The number of carbonyl (C=O) groups is 1. The molecule has 0 unspecified atom stereocenters. The third kappa shape index (κ3) is 3.54. The Morgan fingerprint density at radius 2 is 1.79 bits per heavy atom. The van der Waals surface area contributed by atoms with Crippen molar-refractivity contribution in [3.8, 4) is 5.75 Å². The lowest BCUT2D eigenvalue weighted by Crippen LogP contribution is -1.94. The molecule has 0 bridgehead atoms. The fraction of sp³-hybridized carbons (Fsp3) is 0.0500. The van der Waals surface area contributed by atoms with Crippen LogP contribution in [0.5, 0.6) is 5.75 Å². The summed E-state index contributed by atoms with van der Waals surface area (Å²) in [5, 5.41) is 1.94. The summed E-state index contributed by atoms with van der Waals surface area (Å²) in [6, 6.07) is 15.8. The Bertz CT molecular complexity index is 948. The molecule has 0 aliphatic heterocycles. The van der Waals surface area contributed by atoms with E-state index in [2.05, 4.69) is 15.9 Å². The molecule has 0 saturated carbocycles. The van der Waals surface area contributed by atoms with E-state index in [1.807, 2.05) is 30.3 Å². The zero-order chi connectivity index (χ0) is 17.1. The molecule has 3 aromatic carbocycles. The van der Waals surface area contributed by atoms with Crippen molar-refractivity contribution in [1.82, 2.24) is 0 Å². The van der Waals surface area contributed by atoms with E-state index in [9.17, 15) is 9.18 Å². The fourth-order valence-corrected chi connectivity index (χ4v) is 2.74. The number of hydrogen-bond donors (Lipinski definition) is 0. The number of rotatable bonds is 4. The predicted octanol–water partition coefficient (Wildman–Crippen LogP) is 5.65. The highest BCUT2D eigenvalue weighted by Crippen LogP contribution is 2.22. The summed E-state index contributed by atoms with van der Waals surface area (Å²) < 4.78 is 19.6. The number of ketones is 1. The second-order valence-corrected chi connectivity index (χ2v) is 6.21. The topological polar surface area (TPSA) is 26.3 Å². The average Bonchev–Trinajstić information content (AvgIpc) is 2.59. The predicted molar refractivity (Wildman–Crippen MR) is 98.0 cm³/mol. The van der Waals surface area contributed by atoms with E-state index in [1.54, 1.807) is 25.3 Å². The van der Waals surface area contributed by atoms with Gasteiger partial charge in [-0.25, -0.2) is 4.39 Å². The summed E-state index contributed by atoms with van der Waals surface area (Å²) in [4.78, 5) is 12.3. The Balaban J connectivity index is 1.86. The Labute approximate surface area is 147 Å². The molecule has 0 heterocycles. The molecular weight excluding hydrogens is 371 g/mol. The second kappa shape index (κ2) is 6.97. The number of carbonyl (C=O) groups excluding carboxylic acids is 1. The molecule has 3 rings (SSSR count). The third-order valence-corrected chi connectivity index (χ3v) is 4.20. The Morgan fingerprint density at radius 1 is 1.04 bits per heavy atom. The first-order valence-electron chi connectivity index (χ1n) is 7.32. The number of benzene rings is 3. The third-order valence-electron chi connectivity index (χ3n) is 3.71. The van der Waals surface area contributed by atoms with Crippen molar-refractivity contribution in [3.63, 3.8) is 0 Å².